The standard InChI is InChI=1S/C49H27F2N7/c50-41-17-13-32(35-19-23-54-45-37(35)15-11-29-7-3-21-52-43(29)45)26-39(41)48-56-47(34-10-9-28-5-1-2-6-31(28)25-34)57-49(58-48)40-27-33(14-18-42(40)51)36-20-24-55-46-38(36)16-12-30-8-4-22-53-44(30)46/h1-27H. The van der Waals surface area contributed by atoms with Crippen LogP contribution in [0.5, 0.6) is 0 Å². The van der Waals surface area contributed by atoms with Gasteiger partial charge >= 0.3 is 0 Å². The fourth-order valence-electron chi connectivity index (χ4n) is 7.81. The van der Waals surface area contributed by atoms with Gasteiger partial charge in [-0.1, -0.05) is 84.9 Å². The fraction of sp³-hybridized carbons (Fsp3) is 0. The average molecular weight is 752 g/mol. The van der Waals surface area contributed by atoms with E-state index < -0.39 is 11.6 Å². The van der Waals surface area contributed by atoms with Crippen LogP contribution in [0.25, 0.3) is 111 Å². The van der Waals surface area contributed by atoms with E-state index in [1.807, 2.05) is 103 Å². The quantitative estimate of drug-likeness (QED) is 0.162. The van der Waals surface area contributed by atoms with Crippen LogP contribution < -0.4 is 0 Å². The van der Waals surface area contributed by atoms with E-state index in [-0.39, 0.29) is 28.6 Å². The molecular formula is C49H27F2N7. The second-order valence-electron chi connectivity index (χ2n) is 14.0. The Labute approximate surface area is 329 Å². The summed E-state index contributed by atoms with van der Waals surface area (Å²) in [5, 5.41) is 5.69. The zero-order chi connectivity index (χ0) is 38.7. The highest BCUT2D eigenvalue weighted by Crippen LogP contribution is 2.37. The molecule has 11 rings (SSSR count). The maximum absolute atomic E-state index is 16.2. The molecule has 0 aliphatic heterocycles. The SMILES string of the molecule is Fc1ccc(-c2ccnc3c2ccc2cccnc23)cc1-c1nc(-c2ccc3ccccc3c2)nc(-c2cc(-c3ccnc4c3ccc3cccnc34)ccc2F)n1. The lowest BCUT2D eigenvalue weighted by Crippen LogP contribution is -2.03. The second kappa shape index (κ2) is 13.4. The molecule has 9 heteroatoms. The second-order valence-corrected chi connectivity index (χ2v) is 14.0. The van der Waals surface area contributed by atoms with Gasteiger partial charge in [-0.3, -0.25) is 19.9 Å². The van der Waals surface area contributed by atoms with Crippen molar-refractivity contribution in [3.05, 3.63) is 176 Å². The lowest BCUT2D eigenvalue weighted by molar-refractivity contribution is 0.628. The Morgan fingerprint density at radius 1 is 0.310 bits per heavy atom. The smallest absolute Gasteiger partial charge is 0.167 e. The normalized spacial score (nSPS) is 11.6. The first-order valence-corrected chi connectivity index (χ1v) is 18.7. The topological polar surface area (TPSA) is 90.2 Å². The van der Waals surface area contributed by atoms with Gasteiger partial charge in [0, 0.05) is 51.9 Å². The summed E-state index contributed by atoms with van der Waals surface area (Å²) in [6.07, 6.45) is 6.95. The molecule has 0 radical (unpaired) electrons. The average Bonchev–Trinajstić information content (AvgIpc) is 3.28. The zero-order valence-electron chi connectivity index (χ0n) is 30.5. The lowest BCUT2D eigenvalue weighted by Gasteiger charge is -2.13. The van der Waals surface area contributed by atoms with Crippen molar-refractivity contribution in [2.45, 2.75) is 0 Å². The number of fused-ring (bicyclic) bond motifs is 7. The fourth-order valence-corrected chi connectivity index (χ4v) is 7.81. The van der Waals surface area contributed by atoms with Gasteiger partial charge in [0.15, 0.2) is 17.5 Å². The minimum Gasteiger partial charge on any atom is -0.254 e. The van der Waals surface area contributed by atoms with Crippen LogP contribution in [0.3, 0.4) is 0 Å². The number of hydrogen-bond donors (Lipinski definition) is 0. The molecule has 0 unspecified atom stereocenters. The zero-order valence-corrected chi connectivity index (χ0v) is 30.5. The van der Waals surface area contributed by atoms with E-state index in [9.17, 15) is 0 Å². The summed E-state index contributed by atoms with van der Waals surface area (Å²) in [4.78, 5) is 33.0. The van der Waals surface area contributed by atoms with Crippen LogP contribution in [0.4, 0.5) is 8.78 Å². The van der Waals surface area contributed by atoms with Crippen LogP contribution in [-0.2, 0) is 0 Å². The van der Waals surface area contributed by atoms with Crippen molar-refractivity contribution in [1.29, 1.82) is 0 Å². The van der Waals surface area contributed by atoms with Crippen molar-refractivity contribution in [3.8, 4) is 56.4 Å². The summed E-state index contributed by atoms with van der Waals surface area (Å²) < 4.78 is 32.4. The van der Waals surface area contributed by atoms with E-state index in [0.717, 1.165) is 76.6 Å². The van der Waals surface area contributed by atoms with E-state index >= 15 is 8.78 Å². The number of rotatable bonds is 5. The van der Waals surface area contributed by atoms with Gasteiger partial charge in [0.25, 0.3) is 0 Å². The summed E-state index contributed by atoms with van der Waals surface area (Å²) in [6, 6.07) is 43.1. The van der Waals surface area contributed by atoms with E-state index in [0.29, 0.717) is 5.56 Å². The predicted molar refractivity (Wildman–Crippen MR) is 226 cm³/mol. The number of benzene rings is 6. The number of hydrogen-bond acceptors (Lipinski definition) is 7. The molecule has 0 saturated heterocycles. The number of aromatic nitrogens is 7. The van der Waals surface area contributed by atoms with Gasteiger partial charge in [-0.25, -0.2) is 23.7 Å². The molecule has 0 aliphatic carbocycles. The van der Waals surface area contributed by atoms with Gasteiger partial charge in [-0.05, 0) is 87.6 Å². The largest absolute Gasteiger partial charge is 0.254 e. The first-order chi connectivity index (χ1) is 28.6. The van der Waals surface area contributed by atoms with Crippen LogP contribution in [0.15, 0.2) is 164 Å². The van der Waals surface area contributed by atoms with Crippen LogP contribution >= 0.6 is 0 Å². The molecular weight excluding hydrogens is 725 g/mol. The van der Waals surface area contributed by atoms with Gasteiger partial charge in [-0.2, -0.15) is 0 Å². The van der Waals surface area contributed by atoms with Gasteiger partial charge in [0.05, 0.1) is 33.2 Å². The highest BCUT2D eigenvalue weighted by atomic mass is 19.1. The van der Waals surface area contributed by atoms with Crippen molar-refractivity contribution >= 4 is 54.4 Å². The van der Waals surface area contributed by atoms with Crippen molar-refractivity contribution in [2.24, 2.45) is 0 Å². The lowest BCUT2D eigenvalue weighted by atomic mass is 9.97. The Balaban J connectivity index is 1.10. The van der Waals surface area contributed by atoms with Crippen molar-refractivity contribution in [2.75, 3.05) is 0 Å². The molecule has 0 aliphatic rings. The van der Waals surface area contributed by atoms with E-state index in [1.54, 1.807) is 49.1 Å². The summed E-state index contributed by atoms with van der Waals surface area (Å²) in [6.45, 7) is 0. The third-order valence-corrected chi connectivity index (χ3v) is 10.6. The number of pyridine rings is 4. The Bertz CT molecular complexity index is 3270. The minimum absolute atomic E-state index is 0.0645. The molecule has 5 heterocycles. The molecule has 11 aromatic rings. The van der Waals surface area contributed by atoms with E-state index in [2.05, 4.69) is 19.9 Å². The molecule has 0 saturated carbocycles. The molecule has 272 valence electrons. The summed E-state index contributed by atoms with van der Waals surface area (Å²) >= 11 is 0. The maximum Gasteiger partial charge on any atom is 0.167 e. The first-order valence-electron chi connectivity index (χ1n) is 18.7. The maximum atomic E-state index is 16.2. The summed E-state index contributed by atoms with van der Waals surface area (Å²) in [7, 11) is 0. The van der Waals surface area contributed by atoms with Crippen molar-refractivity contribution in [3.63, 3.8) is 0 Å². The number of nitrogens with zero attached hydrogens (tertiary/aromatic N) is 7. The Hall–Kier alpha value is -7.91. The molecule has 6 aromatic carbocycles. The molecule has 0 N–H and O–H groups in total. The summed E-state index contributed by atoms with van der Waals surface area (Å²) in [5.74, 6) is -0.660. The first kappa shape index (κ1) is 33.4. The highest BCUT2D eigenvalue weighted by molar-refractivity contribution is 6.09. The van der Waals surface area contributed by atoms with E-state index in [4.69, 9.17) is 15.0 Å². The molecule has 0 fully saturated rings. The van der Waals surface area contributed by atoms with Crippen LogP contribution in [0.1, 0.15) is 0 Å². The molecule has 0 amide bonds. The van der Waals surface area contributed by atoms with Crippen LogP contribution in [-0.4, -0.2) is 34.9 Å². The molecule has 0 spiro atoms. The molecule has 7 nitrogen and oxygen atoms in total. The van der Waals surface area contributed by atoms with Crippen molar-refractivity contribution in [1.82, 2.24) is 34.9 Å². The van der Waals surface area contributed by atoms with Crippen LogP contribution in [0.2, 0.25) is 0 Å². The number of halogens is 2. The van der Waals surface area contributed by atoms with Gasteiger partial charge in [-0.15, -0.1) is 0 Å². The monoisotopic (exact) mass is 751 g/mol. The molecule has 0 atom stereocenters. The Kier molecular flexibility index (Phi) is 7.72. The van der Waals surface area contributed by atoms with Gasteiger partial charge in [0.2, 0.25) is 0 Å². The van der Waals surface area contributed by atoms with Gasteiger partial charge < -0.3 is 0 Å². The predicted octanol–water partition coefficient (Wildman–Crippen LogP) is 11.8. The van der Waals surface area contributed by atoms with Gasteiger partial charge in [0.1, 0.15) is 11.6 Å². The van der Waals surface area contributed by atoms with E-state index in [1.165, 1.54) is 12.1 Å². The highest BCUT2D eigenvalue weighted by Gasteiger charge is 2.20. The minimum atomic E-state index is -0.533. The van der Waals surface area contributed by atoms with Crippen LogP contribution in [0, 0.1) is 11.6 Å². The summed E-state index contributed by atoms with van der Waals surface area (Å²) in [5.41, 5.74) is 7.14. The third kappa shape index (κ3) is 5.59. The molecule has 5 aromatic heterocycles. The third-order valence-electron chi connectivity index (χ3n) is 10.6. The Morgan fingerprint density at radius 2 is 0.776 bits per heavy atom. The molecule has 0 bridgehead atoms. The Morgan fingerprint density at radius 3 is 1.34 bits per heavy atom. The molecule has 58 heavy (non-hydrogen) atoms. The van der Waals surface area contributed by atoms with Crippen molar-refractivity contribution < 1.29 is 8.78 Å².